The molecule has 0 fully saturated rings. The first-order chi connectivity index (χ1) is 6.31. The van der Waals surface area contributed by atoms with Crippen LogP contribution in [-0.2, 0) is 6.54 Å². The van der Waals surface area contributed by atoms with Crippen molar-refractivity contribution in [2.75, 3.05) is 0 Å². The number of hydrogen-bond acceptors (Lipinski definition) is 3. The summed E-state index contributed by atoms with van der Waals surface area (Å²) in [6.07, 6.45) is 3.24. The number of nitrogens with zero attached hydrogens (tertiary/aromatic N) is 2. The van der Waals surface area contributed by atoms with Crippen LogP contribution >= 0.6 is 12.2 Å². The van der Waals surface area contributed by atoms with E-state index in [1.165, 1.54) is 0 Å². The van der Waals surface area contributed by atoms with Gasteiger partial charge >= 0.3 is 0 Å². The molecule has 0 bridgehead atoms. The smallest absolute Gasteiger partial charge is 0.216 e. The molecule has 2 rings (SSSR count). The minimum atomic E-state index is 0.568. The summed E-state index contributed by atoms with van der Waals surface area (Å²) < 4.78 is 7.32. The zero-order valence-corrected chi connectivity index (χ0v) is 7.97. The summed E-state index contributed by atoms with van der Waals surface area (Å²) in [6, 6.07) is 1.84. The van der Waals surface area contributed by atoms with Crippen LogP contribution in [0.1, 0.15) is 6.92 Å². The number of aryl methyl sites for hydroxylation is 1. The van der Waals surface area contributed by atoms with Crippen LogP contribution in [-0.4, -0.2) is 14.8 Å². The largest absolute Gasteiger partial charge is 0.472 e. The Labute approximate surface area is 80.2 Å². The highest BCUT2D eigenvalue weighted by Crippen LogP contribution is 2.14. The maximum absolute atomic E-state index is 5.04. The fourth-order valence-corrected chi connectivity index (χ4v) is 1.37. The van der Waals surface area contributed by atoms with Gasteiger partial charge in [-0.15, -0.1) is 0 Å². The van der Waals surface area contributed by atoms with Crippen LogP contribution in [0.4, 0.5) is 0 Å². The third-order valence-electron chi connectivity index (χ3n) is 1.79. The van der Waals surface area contributed by atoms with E-state index in [-0.39, 0.29) is 0 Å². The van der Waals surface area contributed by atoms with Gasteiger partial charge in [0.15, 0.2) is 5.82 Å². The molecule has 0 saturated carbocycles. The summed E-state index contributed by atoms with van der Waals surface area (Å²) in [5.74, 6) is 0.751. The molecule has 68 valence electrons. The van der Waals surface area contributed by atoms with Gasteiger partial charge in [0, 0.05) is 6.54 Å². The number of furan rings is 1. The highest BCUT2D eigenvalue weighted by Gasteiger charge is 2.04. The second-order valence-corrected chi connectivity index (χ2v) is 2.98. The quantitative estimate of drug-likeness (QED) is 0.747. The molecule has 0 aliphatic heterocycles. The number of H-pyrrole nitrogens is 1. The highest BCUT2D eigenvalue weighted by molar-refractivity contribution is 7.71. The molecule has 1 N–H and O–H groups in total. The van der Waals surface area contributed by atoms with Gasteiger partial charge < -0.3 is 4.42 Å². The van der Waals surface area contributed by atoms with Crippen molar-refractivity contribution in [2.45, 2.75) is 13.5 Å². The molecule has 0 aliphatic rings. The van der Waals surface area contributed by atoms with Crippen LogP contribution in [0.3, 0.4) is 0 Å². The Balaban J connectivity index is 2.49. The van der Waals surface area contributed by atoms with Gasteiger partial charge in [-0.2, -0.15) is 4.98 Å². The van der Waals surface area contributed by atoms with Crippen LogP contribution in [0.25, 0.3) is 11.4 Å². The number of aromatic nitrogens is 3. The van der Waals surface area contributed by atoms with Crippen LogP contribution in [0.5, 0.6) is 0 Å². The van der Waals surface area contributed by atoms with Crippen molar-refractivity contribution in [3.8, 4) is 11.4 Å². The number of hydrogen-bond donors (Lipinski definition) is 1. The minimum absolute atomic E-state index is 0.568. The Hall–Kier alpha value is -1.36. The van der Waals surface area contributed by atoms with Crippen LogP contribution < -0.4 is 0 Å². The first kappa shape index (κ1) is 8.25. The predicted octanol–water partition coefficient (Wildman–Crippen LogP) is 2.22. The molecule has 2 aromatic heterocycles. The Morgan fingerprint density at radius 1 is 1.69 bits per heavy atom. The van der Waals surface area contributed by atoms with E-state index in [1.54, 1.807) is 17.2 Å². The molecule has 0 unspecified atom stereocenters. The normalized spacial score (nSPS) is 10.5. The van der Waals surface area contributed by atoms with Crippen molar-refractivity contribution in [3.05, 3.63) is 23.4 Å². The Morgan fingerprint density at radius 2 is 2.54 bits per heavy atom. The monoisotopic (exact) mass is 195 g/mol. The molecule has 0 aliphatic carbocycles. The van der Waals surface area contributed by atoms with E-state index >= 15 is 0 Å². The lowest BCUT2D eigenvalue weighted by molar-refractivity contribution is 0.567. The summed E-state index contributed by atoms with van der Waals surface area (Å²) >= 11 is 5.04. The van der Waals surface area contributed by atoms with E-state index in [4.69, 9.17) is 16.6 Å². The lowest BCUT2D eigenvalue weighted by Crippen LogP contribution is -1.95. The van der Waals surface area contributed by atoms with Gasteiger partial charge in [0.2, 0.25) is 4.77 Å². The third-order valence-corrected chi connectivity index (χ3v) is 2.10. The standard InChI is InChI=1S/C8H9N3OS/c1-2-11-8(13)9-7(10-11)6-3-4-12-5-6/h3-5H,2H2,1H3,(H,9,10,13). The second kappa shape index (κ2) is 3.18. The number of rotatable bonds is 2. The average molecular weight is 195 g/mol. The summed E-state index contributed by atoms with van der Waals surface area (Å²) in [7, 11) is 0. The first-order valence-electron chi connectivity index (χ1n) is 4.00. The molecular formula is C8H9N3OS. The molecule has 0 atom stereocenters. The first-order valence-corrected chi connectivity index (χ1v) is 4.41. The zero-order chi connectivity index (χ0) is 9.26. The maximum atomic E-state index is 5.04. The lowest BCUT2D eigenvalue weighted by Gasteiger charge is -1.92. The van der Waals surface area contributed by atoms with Crippen LogP contribution in [0.15, 0.2) is 23.0 Å². The van der Waals surface area contributed by atoms with E-state index in [0.29, 0.717) is 4.77 Å². The van der Waals surface area contributed by atoms with Crippen molar-refractivity contribution < 1.29 is 4.42 Å². The molecule has 0 spiro atoms. The van der Waals surface area contributed by atoms with Gasteiger partial charge in [-0.3, -0.25) is 9.78 Å². The molecular weight excluding hydrogens is 186 g/mol. The molecule has 0 aromatic carbocycles. The molecule has 5 heteroatoms. The second-order valence-electron chi connectivity index (χ2n) is 2.61. The molecule has 2 aromatic rings. The van der Waals surface area contributed by atoms with Crippen LogP contribution in [0, 0.1) is 4.77 Å². The minimum Gasteiger partial charge on any atom is -0.472 e. The summed E-state index contributed by atoms with van der Waals surface area (Å²) in [4.78, 5) is 4.19. The van der Waals surface area contributed by atoms with E-state index < -0.39 is 0 Å². The SMILES string of the molecule is CCn1[nH]c(-c2ccoc2)nc1=S. The van der Waals surface area contributed by atoms with E-state index in [0.717, 1.165) is 17.9 Å². The fourth-order valence-electron chi connectivity index (χ4n) is 1.10. The average Bonchev–Trinajstić information content (AvgIpc) is 2.71. The van der Waals surface area contributed by atoms with Gasteiger partial charge in [-0.1, -0.05) is 0 Å². The highest BCUT2D eigenvalue weighted by atomic mass is 32.1. The number of aromatic amines is 1. The van der Waals surface area contributed by atoms with Gasteiger partial charge in [-0.05, 0) is 25.2 Å². The van der Waals surface area contributed by atoms with Gasteiger partial charge in [0.05, 0.1) is 11.8 Å². The molecule has 2 heterocycles. The molecule has 4 nitrogen and oxygen atoms in total. The van der Waals surface area contributed by atoms with Crippen molar-refractivity contribution in [1.82, 2.24) is 14.8 Å². The van der Waals surface area contributed by atoms with E-state index in [1.807, 2.05) is 13.0 Å². The summed E-state index contributed by atoms with van der Waals surface area (Å²) in [5, 5.41) is 3.07. The zero-order valence-electron chi connectivity index (χ0n) is 7.15. The molecule has 0 saturated heterocycles. The fraction of sp³-hybridized carbons (Fsp3) is 0.250. The number of nitrogens with one attached hydrogen (secondary N) is 1. The van der Waals surface area contributed by atoms with E-state index in [9.17, 15) is 0 Å². The Kier molecular flexibility index (Phi) is 2.02. The van der Waals surface area contributed by atoms with Crippen molar-refractivity contribution in [3.63, 3.8) is 0 Å². The van der Waals surface area contributed by atoms with Crippen molar-refractivity contribution in [2.24, 2.45) is 0 Å². The maximum Gasteiger partial charge on any atom is 0.216 e. The van der Waals surface area contributed by atoms with Crippen molar-refractivity contribution >= 4 is 12.2 Å². The van der Waals surface area contributed by atoms with Gasteiger partial charge in [-0.25, -0.2) is 0 Å². The molecule has 13 heavy (non-hydrogen) atoms. The molecule has 0 radical (unpaired) electrons. The molecule has 0 amide bonds. The van der Waals surface area contributed by atoms with Crippen molar-refractivity contribution in [1.29, 1.82) is 0 Å². The predicted molar refractivity (Wildman–Crippen MR) is 50.8 cm³/mol. The lowest BCUT2D eigenvalue weighted by atomic mass is 10.3. The summed E-state index contributed by atoms with van der Waals surface area (Å²) in [6.45, 7) is 2.80. The Morgan fingerprint density at radius 3 is 3.08 bits per heavy atom. The topological polar surface area (TPSA) is 46.8 Å². The third kappa shape index (κ3) is 1.42. The van der Waals surface area contributed by atoms with Crippen LogP contribution in [0.2, 0.25) is 0 Å². The Bertz CT molecular complexity index is 440. The van der Waals surface area contributed by atoms with Gasteiger partial charge in [0.1, 0.15) is 6.26 Å². The van der Waals surface area contributed by atoms with E-state index in [2.05, 4.69) is 10.1 Å². The summed E-state index contributed by atoms with van der Waals surface area (Å²) in [5.41, 5.74) is 0.915. The van der Waals surface area contributed by atoms with Gasteiger partial charge in [0.25, 0.3) is 0 Å².